The lowest BCUT2D eigenvalue weighted by molar-refractivity contribution is 0.661. The minimum Gasteiger partial charge on any atom is -0.309 e. The molecule has 5 heteroatoms. The van der Waals surface area contributed by atoms with Gasteiger partial charge in [-0.3, -0.25) is 4.57 Å². The van der Waals surface area contributed by atoms with Gasteiger partial charge in [0.15, 0.2) is 11.6 Å². The summed E-state index contributed by atoms with van der Waals surface area (Å²) in [6.07, 6.45) is 0. The first-order valence-electron chi connectivity index (χ1n) is 29.3. The van der Waals surface area contributed by atoms with E-state index in [1.165, 1.54) is 76.1 Å². The molecule has 0 N–H and O–H groups in total. The molecule has 85 heavy (non-hydrogen) atoms. The normalized spacial score (nSPS) is 12.7. The highest BCUT2D eigenvalue weighted by atomic mass is 15.2. The molecule has 0 fully saturated rings. The molecule has 2 heterocycles. The fraction of sp³-hybridized carbons (Fsp3) is 0.0375. The molecule has 398 valence electrons. The van der Waals surface area contributed by atoms with Crippen LogP contribution in [0.5, 0.6) is 0 Å². The minimum absolute atomic E-state index is 0.355. The number of anilines is 3. The molecular weight excluding hydrogens is 1030 g/mol. The lowest BCUT2D eigenvalue weighted by Gasteiger charge is -2.30. The maximum Gasteiger partial charge on any atom is 0.238 e. The number of rotatable bonds is 8. The van der Waals surface area contributed by atoms with Crippen LogP contribution >= 0.6 is 0 Å². The van der Waals surface area contributed by atoms with E-state index in [0.717, 1.165) is 72.2 Å². The zero-order valence-electron chi connectivity index (χ0n) is 46.9. The summed E-state index contributed by atoms with van der Waals surface area (Å²) >= 11 is 0. The van der Waals surface area contributed by atoms with Crippen molar-refractivity contribution in [1.82, 2.24) is 19.5 Å². The summed E-state index contributed by atoms with van der Waals surface area (Å²) < 4.78 is 2.31. The van der Waals surface area contributed by atoms with E-state index in [2.05, 4.69) is 302 Å². The molecule has 0 radical (unpaired) electrons. The maximum absolute atomic E-state index is 5.60. The Balaban J connectivity index is 0.968. The van der Waals surface area contributed by atoms with Gasteiger partial charge in [-0.25, -0.2) is 4.98 Å². The van der Waals surface area contributed by atoms with Crippen molar-refractivity contribution in [3.8, 4) is 62.1 Å². The number of hydrogen-bond donors (Lipinski definition) is 0. The van der Waals surface area contributed by atoms with Crippen LogP contribution in [-0.2, 0) is 5.41 Å². The maximum atomic E-state index is 5.60. The predicted molar refractivity (Wildman–Crippen MR) is 356 cm³/mol. The van der Waals surface area contributed by atoms with E-state index >= 15 is 0 Å². The number of benzene rings is 14. The van der Waals surface area contributed by atoms with Gasteiger partial charge in [0.25, 0.3) is 0 Å². The van der Waals surface area contributed by atoms with E-state index in [1.54, 1.807) is 0 Å². The fourth-order valence-electron chi connectivity index (χ4n) is 14.1. The Morgan fingerprint density at radius 2 is 0.859 bits per heavy atom. The zero-order valence-corrected chi connectivity index (χ0v) is 46.9. The molecule has 0 amide bonds. The average Bonchev–Trinajstić information content (AvgIpc) is 1.69. The van der Waals surface area contributed by atoms with E-state index in [1.807, 2.05) is 6.07 Å². The van der Waals surface area contributed by atoms with Crippen LogP contribution in [0.2, 0.25) is 0 Å². The molecule has 16 aromatic rings. The Kier molecular flexibility index (Phi) is 10.9. The van der Waals surface area contributed by atoms with Gasteiger partial charge in [-0.15, -0.1) is 0 Å². The molecule has 0 saturated heterocycles. The first kappa shape index (κ1) is 48.7. The second-order valence-electron chi connectivity index (χ2n) is 23.0. The third kappa shape index (κ3) is 7.53. The van der Waals surface area contributed by atoms with Gasteiger partial charge in [0, 0.05) is 49.3 Å². The number of para-hydroxylation sites is 2. The van der Waals surface area contributed by atoms with Crippen molar-refractivity contribution in [2.24, 2.45) is 0 Å². The van der Waals surface area contributed by atoms with E-state index in [4.69, 9.17) is 15.0 Å². The van der Waals surface area contributed by atoms with E-state index in [9.17, 15) is 0 Å². The van der Waals surface area contributed by atoms with Crippen molar-refractivity contribution in [3.05, 3.63) is 296 Å². The van der Waals surface area contributed by atoms with Crippen molar-refractivity contribution >= 4 is 92.7 Å². The van der Waals surface area contributed by atoms with Gasteiger partial charge in [-0.1, -0.05) is 250 Å². The van der Waals surface area contributed by atoms with Crippen LogP contribution in [0.4, 0.5) is 17.1 Å². The van der Waals surface area contributed by atoms with Gasteiger partial charge in [-0.2, -0.15) is 9.97 Å². The highest BCUT2D eigenvalue weighted by Crippen LogP contribution is 2.56. The van der Waals surface area contributed by atoms with Crippen LogP contribution in [0.15, 0.2) is 285 Å². The van der Waals surface area contributed by atoms with Crippen LogP contribution in [0.1, 0.15) is 25.0 Å². The van der Waals surface area contributed by atoms with Crippen LogP contribution in [-0.4, -0.2) is 19.5 Å². The summed E-state index contributed by atoms with van der Waals surface area (Å²) in [4.78, 5) is 18.9. The van der Waals surface area contributed by atoms with E-state index in [0.29, 0.717) is 17.6 Å². The third-order valence-corrected chi connectivity index (χ3v) is 18.0. The lowest BCUT2D eigenvalue weighted by Crippen LogP contribution is -2.15. The number of hydrogen-bond acceptors (Lipinski definition) is 4. The predicted octanol–water partition coefficient (Wildman–Crippen LogP) is 21.2. The highest BCUT2D eigenvalue weighted by molar-refractivity contribution is 6.30. The van der Waals surface area contributed by atoms with Crippen molar-refractivity contribution in [3.63, 3.8) is 0 Å². The zero-order chi connectivity index (χ0) is 56.3. The first-order chi connectivity index (χ1) is 41.9. The molecule has 14 aromatic carbocycles. The molecule has 5 nitrogen and oxygen atoms in total. The second-order valence-corrected chi connectivity index (χ2v) is 23.0. The molecule has 0 bridgehead atoms. The van der Waals surface area contributed by atoms with Crippen molar-refractivity contribution < 1.29 is 0 Å². The molecule has 17 rings (SSSR count). The van der Waals surface area contributed by atoms with Gasteiger partial charge in [-0.05, 0) is 131 Å². The Hall–Kier alpha value is -11.0. The number of nitrogens with zero attached hydrogens (tertiary/aromatic N) is 5. The quantitative estimate of drug-likeness (QED) is 0.112. The fourth-order valence-corrected chi connectivity index (χ4v) is 14.1. The third-order valence-electron chi connectivity index (χ3n) is 18.0. The largest absolute Gasteiger partial charge is 0.309 e. The van der Waals surface area contributed by atoms with Crippen LogP contribution < -0.4 is 4.90 Å². The molecule has 0 aliphatic heterocycles. The molecule has 0 unspecified atom stereocenters. The Bertz CT molecular complexity index is 5310. The molecular formula is C80H53N5. The topological polar surface area (TPSA) is 46.8 Å². The van der Waals surface area contributed by atoms with Gasteiger partial charge in [0.05, 0.1) is 22.4 Å². The summed E-state index contributed by atoms with van der Waals surface area (Å²) in [7, 11) is 0. The summed E-state index contributed by atoms with van der Waals surface area (Å²) in [5, 5.41) is 14.6. The molecule has 0 saturated carbocycles. The summed E-state index contributed by atoms with van der Waals surface area (Å²) in [5.41, 5.74) is 16.3. The summed E-state index contributed by atoms with van der Waals surface area (Å²) in [6, 6.07) is 104. The van der Waals surface area contributed by atoms with Crippen molar-refractivity contribution in [2.75, 3.05) is 4.90 Å². The second kappa shape index (κ2) is 19.0. The molecule has 0 spiro atoms. The average molecular weight is 1080 g/mol. The Morgan fingerprint density at radius 1 is 0.329 bits per heavy atom. The summed E-state index contributed by atoms with van der Waals surface area (Å²) in [5.74, 6) is 1.75. The van der Waals surface area contributed by atoms with Crippen LogP contribution in [0.25, 0.3) is 138 Å². The number of fused-ring (bicyclic) bond motifs is 15. The van der Waals surface area contributed by atoms with E-state index < -0.39 is 0 Å². The minimum atomic E-state index is -0.355. The Labute approximate surface area is 492 Å². The molecule has 1 aliphatic rings. The molecule has 0 atom stereocenters. The Morgan fingerprint density at radius 3 is 1.55 bits per heavy atom. The van der Waals surface area contributed by atoms with E-state index in [-0.39, 0.29) is 5.41 Å². The molecule has 1 aliphatic carbocycles. The van der Waals surface area contributed by atoms with Gasteiger partial charge < -0.3 is 4.90 Å². The van der Waals surface area contributed by atoms with Gasteiger partial charge in [0.2, 0.25) is 5.95 Å². The monoisotopic (exact) mass is 1080 g/mol. The van der Waals surface area contributed by atoms with Crippen LogP contribution in [0, 0.1) is 0 Å². The van der Waals surface area contributed by atoms with Gasteiger partial charge in [0.1, 0.15) is 0 Å². The van der Waals surface area contributed by atoms with Crippen molar-refractivity contribution in [1.29, 1.82) is 0 Å². The van der Waals surface area contributed by atoms with Crippen LogP contribution in [0.3, 0.4) is 0 Å². The SMILES string of the molecule is CC1(C)c2cc3c(cc2-c2c1ccc1c4ccccc4c4ccccc4c21)c1cc(-c2ccccc2N(c2ccccc2)c2c4ccccc4cc4ccccc24)ccc1n3-c1nc(-c2ccccc2)nc(-c2ccccc2-c2ccccc2)n1. The van der Waals surface area contributed by atoms with Crippen molar-refractivity contribution in [2.45, 2.75) is 19.3 Å². The lowest BCUT2D eigenvalue weighted by atomic mass is 9.81. The molecule has 2 aromatic heterocycles. The first-order valence-corrected chi connectivity index (χ1v) is 29.3. The standard InChI is InChI=1S/C80H53N5/c1-80(2)69-44-43-64-62-38-18-17-36-60(62)61-37-19-20-39-63(61)74(64)75(69)68-48-67-66-47-54(57-33-22-23-41-71(57)84(55-30-10-5-11-31-55)76-58-34-14-12-28-52(58)46-53-29-13-15-35-59(53)76)42-45-72(66)85(73(67)49-70(68)80)79-82-77(51-26-8-4-9-27-51)81-78(83-79)65-40-21-16-32-56(65)50-24-6-3-7-25-50/h3-49H,1-2H3. The number of aromatic nitrogens is 4. The van der Waals surface area contributed by atoms with Gasteiger partial charge >= 0.3 is 0 Å². The summed E-state index contributed by atoms with van der Waals surface area (Å²) in [6.45, 7) is 4.79. The smallest absolute Gasteiger partial charge is 0.238 e. The highest BCUT2D eigenvalue weighted by Gasteiger charge is 2.38.